The lowest BCUT2D eigenvalue weighted by Crippen LogP contribution is -2.36. The Hall–Kier alpha value is -0.540. The molecule has 0 saturated heterocycles. The molecule has 2 nitrogen and oxygen atoms in total. The van der Waals surface area contributed by atoms with Crippen LogP contribution in [0.5, 0.6) is 0 Å². The predicted molar refractivity (Wildman–Crippen MR) is 75.5 cm³/mol. The first kappa shape index (κ1) is 12.9. The summed E-state index contributed by atoms with van der Waals surface area (Å²) in [7, 11) is 0. The van der Waals surface area contributed by atoms with Gasteiger partial charge in [0.05, 0.1) is 0 Å². The van der Waals surface area contributed by atoms with E-state index in [1.165, 1.54) is 31.2 Å². The Balaban J connectivity index is 1.68. The van der Waals surface area contributed by atoms with Crippen molar-refractivity contribution in [3.05, 3.63) is 30.1 Å². The zero-order chi connectivity index (χ0) is 11.9. The van der Waals surface area contributed by atoms with E-state index in [1.807, 2.05) is 24.2 Å². The molecule has 1 aromatic rings. The van der Waals surface area contributed by atoms with Crippen LogP contribution in [0.2, 0.25) is 0 Å². The van der Waals surface area contributed by atoms with Gasteiger partial charge in [0.2, 0.25) is 0 Å². The average Bonchev–Trinajstić information content (AvgIpc) is 2.40. The average molecular weight is 250 g/mol. The Kier molecular flexibility index (Phi) is 5.33. The van der Waals surface area contributed by atoms with Crippen molar-refractivity contribution < 1.29 is 0 Å². The van der Waals surface area contributed by atoms with E-state index in [0.29, 0.717) is 0 Å². The number of hydrogen-bond donors (Lipinski definition) is 1. The highest BCUT2D eigenvalue weighted by Gasteiger charge is 2.20. The largest absolute Gasteiger partial charge is 0.314 e. The van der Waals surface area contributed by atoms with Crippen LogP contribution in [-0.4, -0.2) is 29.1 Å². The summed E-state index contributed by atoms with van der Waals surface area (Å²) in [6, 6.07) is 4.95. The van der Waals surface area contributed by atoms with Crippen LogP contribution in [0, 0.1) is 0 Å². The van der Waals surface area contributed by atoms with Crippen molar-refractivity contribution in [3.8, 4) is 0 Å². The summed E-state index contributed by atoms with van der Waals surface area (Å²) >= 11 is 2.03. The summed E-state index contributed by atoms with van der Waals surface area (Å²) in [6.45, 7) is 1.09. The van der Waals surface area contributed by atoms with Crippen molar-refractivity contribution in [1.82, 2.24) is 10.3 Å². The van der Waals surface area contributed by atoms with Gasteiger partial charge in [-0.25, -0.2) is 0 Å². The molecule has 1 aliphatic rings. The summed E-state index contributed by atoms with van der Waals surface area (Å²) in [5, 5.41) is 4.58. The van der Waals surface area contributed by atoms with Crippen LogP contribution in [0.4, 0.5) is 0 Å². The molecular weight excluding hydrogens is 228 g/mol. The molecule has 1 fully saturated rings. The van der Waals surface area contributed by atoms with Crippen LogP contribution < -0.4 is 5.32 Å². The van der Waals surface area contributed by atoms with E-state index in [9.17, 15) is 0 Å². The summed E-state index contributed by atoms with van der Waals surface area (Å²) in [6.07, 6.45) is 12.6. The first-order valence-corrected chi connectivity index (χ1v) is 7.82. The number of rotatable bonds is 5. The smallest absolute Gasteiger partial charge is 0.0270 e. The summed E-state index contributed by atoms with van der Waals surface area (Å²) in [4.78, 5) is 4.04. The molecule has 2 rings (SSSR count). The number of thioether (sulfide) groups is 1. The monoisotopic (exact) mass is 250 g/mol. The lowest BCUT2D eigenvalue weighted by molar-refractivity contribution is 0.383. The summed E-state index contributed by atoms with van der Waals surface area (Å²) < 4.78 is 0. The normalized spacial score (nSPS) is 24.8. The molecule has 3 heteroatoms. The van der Waals surface area contributed by atoms with Crippen molar-refractivity contribution in [3.63, 3.8) is 0 Å². The minimum absolute atomic E-state index is 0.739. The van der Waals surface area contributed by atoms with Crippen LogP contribution in [0.3, 0.4) is 0 Å². The Morgan fingerprint density at radius 1 is 1.35 bits per heavy atom. The fourth-order valence-corrected chi connectivity index (χ4v) is 3.34. The second-order valence-corrected chi connectivity index (χ2v) is 5.92. The van der Waals surface area contributed by atoms with Crippen molar-refractivity contribution in [2.75, 3.05) is 12.8 Å². The minimum Gasteiger partial charge on any atom is -0.314 e. The van der Waals surface area contributed by atoms with Gasteiger partial charge in [-0.05, 0) is 56.2 Å². The first-order valence-electron chi connectivity index (χ1n) is 6.53. The van der Waals surface area contributed by atoms with E-state index in [-0.39, 0.29) is 0 Å². The molecule has 0 spiro atoms. The van der Waals surface area contributed by atoms with Gasteiger partial charge in [0.15, 0.2) is 0 Å². The summed E-state index contributed by atoms with van der Waals surface area (Å²) in [5.74, 6) is 0. The lowest BCUT2D eigenvalue weighted by Gasteiger charge is -2.28. The third kappa shape index (κ3) is 4.32. The highest BCUT2D eigenvalue weighted by molar-refractivity contribution is 7.99. The van der Waals surface area contributed by atoms with Gasteiger partial charge in [-0.2, -0.15) is 11.8 Å². The molecule has 94 valence electrons. The number of nitrogens with zero attached hydrogens (tertiary/aromatic N) is 1. The molecule has 1 aromatic heterocycles. The number of aromatic nitrogens is 1. The van der Waals surface area contributed by atoms with Crippen molar-refractivity contribution >= 4 is 11.8 Å². The van der Waals surface area contributed by atoms with Crippen LogP contribution in [0.25, 0.3) is 0 Å². The lowest BCUT2D eigenvalue weighted by atomic mass is 9.95. The second kappa shape index (κ2) is 7.02. The van der Waals surface area contributed by atoms with Crippen LogP contribution >= 0.6 is 11.8 Å². The highest BCUT2D eigenvalue weighted by Crippen LogP contribution is 2.26. The quantitative estimate of drug-likeness (QED) is 0.870. The van der Waals surface area contributed by atoms with Gasteiger partial charge in [0, 0.05) is 23.7 Å². The molecule has 0 amide bonds. The Morgan fingerprint density at radius 2 is 2.18 bits per heavy atom. The summed E-state index contributed by atoms with van der Waals surface area (Å²) in [5.41, 5.74) is 1.38. The number of hydrogen-bond acceptors (Lipinski definition) is 3. The van der Waals surface area contributed by atoms with Crippen LogP contribution in [-0.2, 0) is 6.42 Å². The van der Waals surface area contributed by atoms with E-state index in [0.717, 1.165) is 24.3 Å². The fraction of sp³-hybridized carbons (Fsp3) is 0.643. The minimum atomic E-state index is 0.739. The van der Waals surface area contributed by atoms with E-state index < -0.39 is 0 Å². The Labute approximate surface area is 109 Å². The molecule has 1 aliphatic carbocycles. The molecule has 1 N–H and O–H groups in total. The van der Waals surface area contributed by atoms with Gasteiger partial charge in [-0.3, -0.25) is 4.98 Å². The fourth-order valence-electron chi connectivity index (χ4n) is 2.51. The molecule has 0 aliphatic heterocycles. The maximum absolute atomic E-state index is 4.04. The molecule has 1 heterocycles. The van der Waals surface area contributed by atoms with Crippen molar-refractivity contribution in [2.24, 2.45) is 0 Å². The SMILES string of the molecule is CSC1CCCC(NCCc2ccncc2)C1. The molecule has 2 unspecified atom stereocenters. The van der Waals surface area contributed by atoms with E-state index in [4.69, 9.17) is 0 Å². The van der Waals surface area contributed by atoms with E-state index in [1.54, 1.807) is 0 Å². The third-order valence-electron chi connectivity index (χ3n) is 3.56. The van der Waals surface area contributed by atoms with E-state index >= 15 is 0 Å². The molecule has 0 bridgehead atoms. The molecule has 2 atom stereocenters. The molecule has 17 heavy (non-hydrogen) atoms. The van der Waals surface area contributed by atoms with Crippen molar-refractivity contribution in [2.45, 2.75) is 43.4 Å². The first-order chi connectivity index (χ1) is 8.38. The van der Waals surface area contributed by atoms with Gasteiger partial charge >= 0.3 is 0 Å². The molecule has 0 radical (unpaired) electrons. The topological polar surface area (TPSA) is 24.9 Å². The number of pyridine rings is 1. The zero-order valence-corrected chi connectivity index (χ0v) is 11.4. The standard InChI is InChI=1S/C14H22N2S/c1-17-14-4-2-3-13(11-14)16-10-7-12-5-8-15-9-6-12/h5-6,8-9,13-14,16H,2-4,7,10-11H2,1H3. The second-order valence-electron chi connectivity index (χ2n) is 4.78. The Morgan fingerprint density at radius 3 is 2.94 bits per heavy atom. The van der Waals surface area contributed by atoms with Gasteiger partial charge in [0.1, 0.15) is 0 Å². The van der Waals surface area contributed by atoms with Crippen molar-refractivity contribution in [1.29, 1.82) is 0 Å². The predicted octanol–water partition coefficient (Wildman–Crippen LogP) is 2.89. The van der Waals surface area contributed by atoms with Crippen LogP contribution in [0.1, 0.15) is 31.2 Å². The van der Waals surface area contributed by atoms with Gasteiger partial charge in [0.25, 0.3) is 0 Å². The van der Waals surface area contributed by atoms with Gasteiger partial charge < -0.3 is 5.32 Å². The molecule has 1 saturated carbocycles. The number of nitrogens with one attached hydrogen (secondary N) is 1. The molecule has 0 aromatic carbocycles. The highest BCUT2D eigenvalue weighted by atomic mass is 32.2. The van der Waals surface area contributed by atoms with Crippen LogP contribution in [0.15, 0.2) is 24.5 Å². The third-order valence-corrected chi connectivity index (χ3v) is 4.65. The maximum Gasteiger partial charge on any atom is 0.0270 e. The maximum atomic E-state index is 4.04. The van der Waals surface area contributed by atoms with Gasteiger partial charge in [-0.1, -0.05) is 6.42 Å². The van der Waals surface area contributed by atoms with Gasteiger partial charge in [-0.15, -0.1) is 0 Å². The zero-order valence-electron chi connectivity index (χ0n) is 10.6. The Bertz CT molecular complexity index is 315. The molecular formula is C14H22N2S. The van der Waals surface area contributed by atoms with E-state index in [2.05, 4.69) is 28.7 Å².